The first-order valence-electron chi connectivity index (χ1n) is 11.1. The molecule has 33 heavy (non-hydrogen) atoms. The van der Waals surface area contributed by atoms with Crippen LogP contribution in [0.3, 0.4) is 0 Å². The van der Waals surface area contributed by atoms with Gasteiger partial charge in [0, 0.05) is 16.0 Å². The lowest BCUT2D eigenvalue weighted by Gasteiger charge is -2.54. The minimum atomic E-state index is -1.20. The summed E-state index contributed by atoms with van der Waals surface area (Å²) in [5, 5.41) is 21.9. The molecule has 2 aromatic carbocycles. The number of nitrogens with zero attached hydrogens (tertiary/aromatic N) is 1. The molecule has 0 bridgehead atoms. The molecule has 1 saturated heterocycles. The van der Waals surface area contributed by atoms with Crippen LogP contribution in [-0.2, 0) is 9.59 Å². The van der Waals surface area contributed by atoms with E-state index < -0.39 is 29.1 Å². The number of carboxylic acid groups (broad SMARTS) is 1. The average Bonchev–Trinajstić information content (AvgIpc) is 2.71. The smallest absolute Gasteiger partial charge is 0.304 e. The van der Waals surface area contributed by atoms with Gasteiger partial charge in [-0.2, -0.15) is 0 Å². The number of carboxylic acids is 1. The van der Waals surface area contributed by atoms with Gasteiger partial charge in [0.1, 0.15) is 0 Å². The molecule has 2 aromatic rings. The molecule has 1 fully saturated rings. The first-order chi connectivity index (χ1) is 15.4. The minimum absolute atomic E-state index is 0.233. The maximum absolute atomic E-state index is 14.0. The Labute approximate surface area is 205 Å². The van der Waals surface area contributed by atoms with Gasteiger partial charge in [-0.3, -0.25) is 9.59 Å². The first kappa shape index (κ1) is 25.5. The lowest BCUT2D eigenvalue weighted by atomic mass is 9.66. The Kier molecular flexibility index (Phi) is 7.47. The summed E-state index contributed by atoms with van der Waals surface area (Å²) in [6, 6.07) is 13.9. The van der Waals surface area contributed by atoms with E-state index in [1.165, 1.54) is 0 Å². The van der Waals surface area contributed by atoms with Crippen LogP contribution in [0.15, 0.2) is 48.5 Å². The predicted molar refractivity (Wildman–Crippen MR) is 131 cm³/mol. The standard InChI is InChI=1S/C26H31Cl2NO4/c1-5-21(25(2,3)33)29-23(16-9-11-18(27)12-10-16)20(17-7-6-8-19(28)13-17)14-26(4,24(29)32)15-22(30)31/h6-13,20-21,23,33H,5,14-15H2,1-4H3,(H,30,31)/t20?,21-,23+,26+/m0/s1. The van der Waals surface area contributed by atoms with Crippen molar-refractivity contribution in [3.63, 3.8) is 0 Å². The van der Waals surface area contributed by atoms with Crippen molar-refractivity contribution < 1.29 is 19.8 Å². The normalized spacial score (nSPS) is 24.6. The van der Waals surface area contributed by atoms with Gasteiger partial charge in [-0.25, -0.2) is 0 Å². The van der Waals surface area contributed by atoms with Gasteiger partial charge in [0.15, 0.2) is 0 Å². The van der Waals surface area contributed by atoms with E-state index in [0.29, 0.717) is 22.9 Å². The molecule has 4 atom stereocenters. The molecule has 5 nitrogen and oxygen atoms in total. The summed E-state index contributed by atoms with van der Waals surface area (Å²) in [6.45, 7) is 7.01. The molecule has 1 aliphatic heterocycles. The summed E-state index contributed by atoms with van der Waals surface area (Å²) in [5.74, 6) is -1.53. The third-order valence-electron chi connectivity index (χ3n) is 6.67. The van der Waals surface area contributed by atoms with E-state index >= 15 is 0 Å². The minimum Gasteiger partial charge on any atom is -0.481 e. The Morgan fingerprint density at radius 3 is 2.30 bits per heavy atom. The fraction of sp³-hybridized carbons (Fsp3) is 0.462. The molecule has 2 N–H and O–H groups in total. The van der Waals surface area contributed by atoms with Crippen LogP contribution < -0.4 is 0 Å². The van der Waals surface area contributed by atoms with Crippen LogP contribution in [0.5, 0.6) is 0 Å². The Hall–Kier alpha value is -2.08. The van der Waals surface area contributed by atoms with E-state index in [9.17, 15) is 19.8 Å². The molecule has 3 rings (SSSR count). The highest BCUT2D eigenvalue weighted by atomic mass is 35.5. The number of piperidine rings is 1. The predicted octanol–water partition coefficient (Wildman–Crippen LogP) is 6.08. The van der Waals surface area contributed by atoms with Gasteiger partial charge in [-0.1, -0.05) is 61.3 Å². The van der Waals surface area contributed by atoms with Gasteiger partial charge in [-0.15, -0.1) is 0 Å². The molecule has 1 heterocycles. The molecule has 0 spiro atoms. The highest BCUT2D eigenvalue weighted by molar-refractivity contribution is 6.30. The Bertz CT molecular complexity index is 1020. The summed E-state index contributed by atoms with van der Waals surface area (Å²) in [5.41, 5.74) is -0.546. The summed E-state index contributed by atoms with van der Waals surface area (Å²) < 4.78 is 0. The Morgan fingerprint density at radius 2 is 1.79 bits per heavy atom. The number of likely N-dealkylation sites (tertiary alicyclic amines) is 1. The van der Waals surface area contributed by atoms with E-state index in [-0.39, 0.29) is 18.2 Å². The summed E-state index contributed by atoms with van der Waals surface area (Å²) in [4.78, 5) is 27.5. The number of rotatable bonds is 7. The fourth-order valence-electron chi connectivity index (χ4n) is 5.26. The van der Waals surface area contributed by atoms with Crippen molar-refractivity contribution in [2.75, 3.05) is 0 Å². The number of carbonyl (C=O) groups is 2. The van der Waals surface area contributed by atoms with Crippen molar-refractivity contribution >= 4 is 35.1 Å². The van der Waals surface area contributed by atoms with Gasteiger partial charge in [0.25, 0.3) is 0 Å². The van der Waals surface area contributed by atoms with E-state index in [1.807, 2.05) is 37.3 Å². The van der Waals surface area contributed by atoms with Crippen LogP contribution in [0.4, 0.5) is 0 Å². The second-order valence-corrected chi connectivity index (χ2v) is 10.7. The molecule has 0 saturated carbocycles. The Morgan fingerprint density at radius 1 is 1.15 bits per heavy atom. The van der Waals surface area contributed by atoms with Gasteiger partial charge in [0.05, 0.1) is 29.5 Å². The van der Waals surface area contributed by atoms with E-state index in [0.717, 1.165) is 11.1 Å². The SMILES string of the molecule is CC[C@H](N1C(=O)[C@@](C)(CC(=O)O)CC(c2cccc(Cl)c2)[C@H]1c1ccc(Cl)cc1)C(C)(C)O. The summed E-state index contributed by atoms with van der Waals surface area (Å²) in [7, 11) is 0. The molecular formula is C26H31Cl2NO4. The third-order valence-corrected chi connectivity index (χ3v) is 7.16. The molecule has 1 unspecified atom stereocenters. The molecule has 0 aromatic heterocycles. The van der Waals surface area contributed by atoms with Gasteiger partial charge >= 0.3 is 5.97 Å². The van der Waals surface area contributed by atoms with E-state index in [2.05, 4.69) is 0 Å². The van der Waals surface area contributed by atoms with Crippen molar-refractivity contribution in [1.82, 2.24) is 4.90 Å². The molecule has 7 heteroatoms. The second-order valence-electron chi connectivity index (χ2n) is 9.78. The number of aliphatic hydroxyl groups is 1. The van der Waals surface area contributed by atoms with E-state index in [1.54, 1.807) is 43.9 Å². The number of aliphatic carboxylic acids is 1. The van der Waals surface area contributed by atoms with Crippen LogP contribution >= 0.6 is 23.2 Å². The molecule has 178 valence electrons. The topological polar surface area (TPSA) is 77.8 Å². The van der Waals surface area contributed by atoms with Crippen LogP contribution in [0.25, 0.3) is 0 Å². The van der Waals surface area contributed by atoms with Crippen LogP contribution in [-0.4, -0.2) is 38.6 Å². The van der Waals surface area contributed by atoms with Gasteiger partial charge in [-0.05, 0) is 62.1 Å². The van der Waals surface area contributed by atoms with Gasteiger partial charge < -0.3 is 15.1 Å². The highest BCUT2D eigenvalue weighted by Crippen LogP contribution is 2.53. The number of hydrogen-bond acceptors (Lipinski definition) is 3. The maximum Gasteiger partial charge on any atom is 0.304 e. The highest BCUT2D eigenvalue weighted by Gasteiger charge is 2.54. The van der Waals surface area contributed by atoms with Crippen molar-refractivity contribution in [3.05, 3.63) is 69.7 Å². The Balaban J connectivity index is 2.28. The lowest BCUT2D eigenvalue weighted by Crippen LogP contribution is -2.60. The fourth-order valence-corrected chi connectivity index (χ4v) is 5.58. The first-order valence-corrected chi connectivity index (χ1v) is 11.9. The zero-order valence-corrected chi connectivity index (χ0v) is 20.9. The third kappa shape index (κ3) is 5.37. The second kappa shape index (κ2) is 9.65. The zero-order valence-electron chi connectivity index (χ0n) is 19.4. The molecular weight excluding hydrogens is 461 g/mol. The molecule has 1 aliphatic rings. The van der Waals surface area contributed by atoms with E-state index in [4.69, 9.17) is 23.2 Å². The average molecular weight is 492 g/mol. The zero-order chi connectivity index (χ0) is 24.6. The van der Waals surface area contributed by atoms with Crippen molar-refractivity contribution in [1.29, 1.82) is 0 Å². The summed E-state index contributed by atoms with van der Waals surface area (Å²) in [6.07, 6.45) is 0.546. The van der Waals surface area contributed by atoms with Crippen LogP contribution in [0, 0.1) is 5.41 Å². The van der Waals surface area contributed by atoms with Crippen LogP contribution in [0.1, 0.15) is 70.0 Å². The lowest BCUT2D eigenvalue weighted by molar-refractivity contribution is -0.167. The maximum atomic E-state index is 14.0. The number of benzene rings is 2. The number of amides is 1. The number of halogens is 2. The summed E-state index contributed by atoms with van der Waals surface area (Å²) >= 11 is 12.5. The molecule has 0 aliphatic carbocycles. The van der Waals surface area contributed by atoms with Gasteiger partial charge in [0.2, 0.25) is 5.91 Å². The largest absolute Gasteiger partial charge is 0.481 e. The quantitative estimate of drug-likeness (QED) is 0.491. The van der Waals surface area contributed by atoms with Crippen molar-refractivity contribution in [2.24, 2.45) is 5.41 Å². The number of hydrogen-bond donors (Lipinski definition) is 2. The molecule has 0 radical (unpaired) electrons. The monoisotopic (exact) mass is 491 g/mol. The van der Waals surface area contributed by atoms with Crippen molar-refractivity contribution in [3.8, 4) is 0 Å². The number of carbonyl (C=O) groups excluding carboxylic acids is 1. The molecule has 1 amide bonds. The van der Waals surface area contributed by atoms with Crippen LogP contribution in [0.2, 0.25) is 10.0 Å². The van der Waals surface area contributed by atoms with Crippen molar-refractivity contribution in [2.45, 2.75) is 70.6 Å².